The molecule has 3 rings (SSSR count). The fraction of sp³-hybridized carbons (Fsp3) is 0.0909. The van der Waals surface area contributed by atoms with Gasteiger partial charge < -0.3 is 14.1 Å². The van der Waals surface area contributed by atoms with Crippen molar-refractivity contribution < 1.29 is 9.15 Å². The van der Waals surface area contributed by atoms with E-state index in [0.717, 1.165) is 22.2 Å². The van der Waals surface area contributed by atoms with Crippen LogP contribution in [0.2, 0.25) is 0 Å². The van der Waals surface area contributed by atoms with Crippen molar-refractivity contribution >= 4 is 10.9 Å². The molecule has 0 spiro atoms. The topological polar surface area (TPSA) is 83.9 Å². The second-order valence-electron chi connectivity index (χ2n) is 3.53. The molecule has 0 atom stereocenters. The SMILES string of the molecule is COc1ccc2c(-c3n[nH]c(=O)o3)c[nH]c2c1. The van der Waals surface area contributed by atoms with E-state index < -0.39 is 5.76 Å². The number of aromatic nitrogens is 3. The molecule has 0 radical (unpaired) electrons. The highest BCUT2D eigenvalue weighted by Gasteiger charge is 2.11. The van der Waals surface area contributed by atoms with Gasteiger partial charge in [0.25, 0.3) is 5.89 Å². The molecule has 86 valence electrons. The lowest BCUT2D eigenvalue weighted by Crippen LogP contribution is -1.93. The fourth-order valence-corrected chi connectivity index (χ4v) is 1.75. The van der Waals surface area contributed by atoms with Crippen LogP contribution in [0, 0.1) is 0 Å². The van der Waals surface area contributed by atoms with Gasteiger partial charge in [-0.3, -0.25) is 0 Å². The Labute approximate surface area is 95.2 Å². The lowest BCUT2D eigenvalue weighted by Gasteiger charge is -1.98. The third-order valence-corrected chi connectivity index (χ3v) is 2.56. The zero-order chi connectivity index (χ0) is 11.8. The van der Waals surface area contributed by atoms with Gasteiger partial charge in [-0.15, -0.1) is 5.10 Å². The molecule has 6 nitrogen and oxygen atoms in total. The summed E-state index contributed by atoms with van der Waals surface area (Å²) in [5.41, 5.74) is 1.63. The molecule has 2 N–H and O–H groups in total. The highest BCUT2D eigenvalue weighted by molar-refractivity contribution is 5.94. The summed E-state index contributed by atoms with van der Waals surface area (Å²) in [5.74, 6) is 0.462. The van der Waals surface area contributed by atoms with Gasteiger partial charge in [0.2, 0.25) is 0 Å². The van der Waals surface area contributed by atoms with Crippen molar-refractivity contribution in [3.8, 4) is 17.2 Å². The van der Waals surface area contributed by atoms with Crippen molar-refractivity contribution in [1.29, 1.82) is 0 Å². The number of aromatic amines is 2. The van der Waals surface area contributed by atoms with E-state index in [4.69, 9.17) is 9.15 Å². The number of rotatable bonds is 2. The largest absolute Gasteiger partial charge is 0.497 e. The van der Waals surface area contributed by atoms with Gasteiger partial charge in [0, 0.05) is 23.2 Å². The molecule has 0 saturated heterocycles. The first-order valence-corrected chi connectivity index (χ1v) is 4.99. The number of benzene rings is 1. The Morgan fingerprint density at radius 3 is 3.00 bits per heavy atom. The van der Waals surface area contributed by atoms with Crippen molar-refractivity contribution in [2.45, 2.75) is 0 Å². The third-order valence-electron chi connectivity index (χ3n) is 2.56. The molecule has 0 aliphatic heterocycles. The first-order valence-electron chi connectivity index (χ1n) is 4.99. The van der Waals surface area contributed by atoms with Crippen LogP contribution in [0.5, 0.6) is 5.75 Å². The third kappa shape index (κ3) is 1.50. The highest BCUT2D eigenvalue weighted by Crippen LogP contribution is 2.28. The molecule has 2 aromatic heterocycles. The molecule has 0 aliphatic rings. The molecular formula is C11H9N3O3. The Hall–Kier alpha value is -2.50. The van der Waals surface area contributed by atoms with Gasteiger partial charge in [0.05, 0.1) is 12.7 Å². The summed E-state index contributed by atoms with van der Waals surface area (Å²) in [7, 11) is 1.61. The van der Waals surface area contributed by atoms with Crippen LogP contribution in [-0.2, 0) is 0 Å². The van der Waals surface area contributed by atoms with Crippen molar-refractivity contribution in [1.82, 2.24) is 15.2 Å². The van der Waals surface area contributed by atoms with Crippen LogP contribution in [0.15, 0.2) is 33.6 Å². The Kier molecular flexibility index (Phi) is 2.01. The Morgan fingerprint density at radius 1 is 1.41 bits per heavy atom. The summed E-state index contributed by atoms with van der Waals surface area (Å²) in [6.07, 6.45) is 1.74. The molecule has 2 heterocycles. The van der Waals surface area contributed by atoms with Gasteiger partial charge in [-0.1, -0.05) is 0 Å². The van der Waals surface area contributed by atoms with Crippen LogP contribution in [0.3, 0.4) is 0 Å². The van der Waals surface area contributed by atoms with Crippen LogP contribution < -0.4 is 10.5 Å². The molecule has 0 bridgehead atoms. The van der Waals surface area contributed by atoms with E-state index in [1.54, 1.807) is 13.3 Å². The van der Waals surface area contributed by atoms with Gasteiger partial charge in [-0.25, -0.2) is 9.89 Å². The molecule has 1 aromatic carbocycles. The van der Waals surface area contributed by atoms with Gasteiger partial charge in [-0.05, 0) is 12.1 Å². The van der Waals surface area contributed by atoms with Crippen LogP contribution in [0.4, 0.5) is 0 Å². The number of fused-ring (bicyclic) bond motifs is 1. The Morgan fingerprint density at radius 2 is 2.29 bits per heavy atom. The van der Waals surface area contributed by atoms with Crippen molar-refractivity contribution in [3.63, 3.8) is 0 Å². The van der Waals surface area contributed by atoms with Gasteiger partial charge in [0.1, 0.15) is 5.75 Å². The lowest BCUT2D eigenvalue weighted by atomic mass is 10.1. The summed E-state index contributed by atoms with van der Waals surface area (Å²) in [6, 6.07) is 5.59. The van der Waals surface area contributed by atoms with E-state index in [1.807, 2.05) is 18.2 Å². The molecule has 0 saturated carbocycles. The van der Waals surface area contributed by atoms with Crippen LogP contribution in [-0.4, -0.2) is 22.3 Å². The zero-order valence-electron chi connectivity index (χ0n) is 8.98. The Balaban J connectivity index is 2.21. The predicted octanol–water partition coefficient (Wildman–Crippen LogP) is 1.52. The smallest absolute Gasteiger partial charge is 0.434 e. The van der Waals surface area contributed by atoms with Crippen LogP contribution in [0.25, 0.3) is 22.4 Å². The number of H-pyrrole nitrogens is 2. The summed E-state index contributed by atoms with van der Waals surface area (Å²) in [4.78, 5) is 14.0. The van der Waals surface area contributed by atoms with E-state index in [0.29, 0.717) is 0 Å². The van der Waals surface area contributed by atoms with Gasteiger partial charge in [-0.2, -0.15) is 0 Å². The minimum atomic E-state index is -0.567. The molecule has 17 heavy (non-hydrogen) atoms. The van der Waals surface area contributed by atoms with Gasteiger partial charge >= 0.3 is 5.76 Å². The lowest BCUT2D eigenvalue weighted by molar-refractivity contribution is 0.415. The fourth-order valence-electron chi connectivity index (χ4n) is 1.75. The zero-order valence-corrected chi connectivity index (χ0v) is 8.98. The monoisotopic (exact) mass is 231 g/mol. The van der Waals surface area contributed by atoms with Crippen LogP contribution >= 0.6 is 0 Å². The molecule has 3 aromatic rings. The number of methoxy groups -OCH3 is 1. The standard InChI is InChI=1S/C11H9N3O3/c1-16-6-2-3-7-8(5-12-9(7)4-6)10-13-14-11(15)17-10/h2-5,12H,1H3,(H,14,15). The van der Waals surface area contributed by atoms with E-state index in [-0.39, 0.29) is 5.89 Å². The maximum atomic E-state index is 10.9. The molecule has 0 fully saturated rings. The van der Waals surface area contributed by atoms with E-state index in [9.17, 15) is 4.79 Å². The van der Waals surface area contributed by atoms with Gasteiger partial charge in [0.15, 0.2) is 0 Å². The predicted molar refractivity (Wildman–Crippen MR) is 61.0 cm³/mol. The maximum absolute atomic E-state index is 10.9. The molecule has 6 heteroatoms. The Bertz CT molecular complexity index is 723. The highest BCUT2D eigenvalue weighted by atomic mass is 16.5. The van der Waals surface area contributed by atoms with Crippen molar-refractivity contribution in [2.75, 3.05) is 7.11 Å². The number of ether oxygens (including phenoxy) is 1. The van der Waals surface area contributed by atoms with E-state index in [1.165, 1.54) is 0 Å². The van der Waals surface area contributed by atoms with Crippen molar-refractivity contribution in [3.05, 3.63) is 34.9 Å². The summed E-state index contributed by atoms with van der Waals surface area (Å²) in [6.45, 7) is 0. The summed E-state index contributed by atoms with van der Waals surface area (Å²) >= 11 is 0. The summed E-state index contributed by atoms with van der Waals surface area (Å²) < 4.78 is 10.0. The normalized spacial score (nSPS) is 10.9. The average molecular weight is 231 g/mol. The number of nitrogens with one attached hydrogen (secondary N) is 2. The first kappa shape index (κ1) is 9.71. The van der Waals surface area contributed by atoms with E-state index >= 15 is 0 Å². The number of hydrogen-bond acceptors (Lipinski definition) is 4. The molecule has 0 amide bonds. The summed E-state index contributed by atoms with van der Waals surface area (Å²) in [5, 5.41) is 6.95. The van der Waals surface area contributed by atoms with Crippen LogP contribution in [0.1, 0.15) is 0 Å². The minimum absolute atomic E-state index is 0.270. The average Bonchev–Trinajstić information content (AvgIpc) is 2.93. The van der Waals surface area contributed by atoms with Crippen molar-refractivity contribution in [2.24, 2.45) is 0 Å². The quantitative estimate of drug-likeness (QED) is 0.700. The van der Waals surface area contributed by atoms with E-state index in [2.05, 4.69) is 15.2 Å². The minimum Gasteiger partial charge on any atom is -0.497 e. The molecular weight excluding hydrogens is 222 g/mol. The maximum Gasteiger partial charge on any atom is 0.434 e. The first-order chi connectivity index (χ1) is 8.28. The second kappa shape index (κ2) is 3.51. The molecule has 0 aliphatic carbocycles. The molecule has 0 unspecified atom stereocenters. The second-order valence-corrected chi connectivity index (χ2v) is 3.53. The number of hydrogen-bond donors (Lipinski definition) is 2. The number of nitrogens with zero attached hydrogens (tertiary/aromatic N) is 1.